The molecule has 18 heavy (non-hydrogen) atoms. The summed E-state index contributed by atoms with van der Waals surface area (Å²) in [5.74, 6) is 1.01. The molecule has 0 spiro atoms. The number of nitrogens with zero attached hydrogens (tertiary/aromatic N) is 1. The Kier molecular flexibility index (Phi) is 5.86. The Bertz CT molecular complexity index is 369. The monoisotopic (exact) mass is 249 g/mol. The number of carbonyl (C=O) groups excluding carboxylic acids is 1. The number of hydrogen-bond donors (Lipinski definition) is 0. The molecular formula is C15H23NO2. The molecule has 0 aliphatic heterocycles. The van der Waals surface area contributed by atoms with Crippen molar-refractivity contribution < 1.29 is 9.53 Å². The van der Waals surface area contributed by atoms with Crippen LogP contribution in [0.5, 0.6) is 5.75 Å². The second kappa shape index (κ2) is 7.17. The Balaban J connectivity index is 2.67. The zero-order valence-electron chi connectivity index (χ0n) is 11.8. The molecule has 1 atom stereocenters. The molecule has 0 saturated carbocycles. The fourth-order valence-electron chi connectivity index (χ4n) is 1.99. The van der Waals surface area contributed by atoms with E-state index in [1.807, 2.05) is 31.2 Å². The molecule has 0 N–H and O–H groups in total. The number of Topliss-reactive ketones (excluding diaryl/α,β-unsaturated/α-hetero) is 1. The number of hydrogen-bond acceptors (Lipinski definition) is 3. The normalized spacial score (nSPS) is 12.5. The van der Waals surface area contributed by atoms with Gasteiger partial charge in [-0.1, -0.05) is 20.8 Å². The standard InChI is InChI=1S/C15H23NO2/c1-5-16(6-2)11-12(3)15(17)13-7-9-14(18-4)10-8-13/h7-10,12H,5-6,11H2,1-4H3. The number of ether oxygens (including phenoxy) is 1. The second-order valence-corrected chi connectivity index (χ2v) is 4.48. The molecule has 0 amide bonds. The lowest BCUT2D eigenvalue weighted by molar-refractivity contribution is 0.0898. The van der Waals surface area contributed by atoms with Crippen LogP contribution >= 0.6 is 0 Å². The second-order valence-electron chi connectivity index (χ2n) is 4.48. The molecule has 0 radical (unpaired) electrons. The highest BCUT2D eigenvalue weighted by Gasteiger charge is 2.17. The fourth-order valence-corrected chi connectivity index (χ4v) is 1.99. The lowest BCUT2D eigenvalue weighted by Crippen LogP contribution is -2.31. The zero-order valence-corrected chi connectivity index (χ0v) is 11.8. The average Bonchev–Trinajstić information content (AvgIpc) is 2.43. The van der Waals surface area contributed by atoms with Crippen LogP contribution in [-0.2, 0) is 0 Å². The molecule has 0 fully saturated rings. The number of rotatable bonds is 7. The Labute approximate surface area is 110 Å². The van der Waals surface area contributed by atoms with E-state index in [0.717, 1.165) is 30.9 Å². The van der Waals surface area contributed by atoms with Gasteiger partial charge in [-0.15, -0.1) is 0 Å². The van der Waals surface area contributed by atoms with Crippen molar-refractivity contribution in [3.8, 4) is 5.75 Å². The van der Waals surface area contributed by atoms with E-state index >= 15 is 0 Å². The van der Waals surface area contributed by atoms with Gasteiger partial charge in [-0.05, 0) is 37.4 Å². The molecular weight excluding hydrogens is 226 g/mol. The van der Waals surface area contributed by atoms with Crippen LogP contribution < -0.4 is 4.74 Å². The third-order valence-corrected chi connectivity index (χ3v) is 3.25. The molecule has 0 bridgehead atoms. The van der Waals surface area contributed by atoms with Crippen LogP contribution in [0.1, 0.15) is 31.1 Å². The van der Waals surface area contributed by atoms with Crippen molar-refractivity contribution in [1.29, 1.82) is 0 Å². The molecule has 0 aromatic heterocycles. The molecule has 0 heterocycles. The van der Waals surface area contributed by atoms with Crippen LogP contribution in [0, 0.1) is 5.92 Å². The summed E-state index contributed by atoms with van der Waals surface area (Å²) in [6.07, 6.45) is 0. The first-order valence-corrected chi connectivity index (χ1v) is 6.53. The van der Waals surface area contributed by atoms with Gasteiger partial charge in [-0.3, -0.25) is 4.79 Å². The molecule has 100 valence electrons. The van der Waals surface area contributed by atoms with Crippen molar-refractivity contribution >= 4 is 5.78 Å². The van der Waals surface area contributed by atoms with Gasteiger partial charge in [0.25, 0.3) is 0 Å². The van der Waals surface area contributed by atoms with Crippen molar-refractivity contribution in [1.82, 2.24) is 4.90 Å². The van der Waals surface area contributed by atoms with Crippen LogP contribution in [0.3, 0.4) is 0 Å². The quantitative estimate of drug-likeness (QED) is 0.696. The molecule has 1 aromatic rings. The fraction of sp³-hybridized carbons (Fsp3) is 0.533. The van der Waals surface area contributed by atoms with Crippen molar-refractivity contribution in [2.24, 2.45) is 5.92 Å². The summed E-state index contributed by atoms with van der Waals surface area (Å²) in [6, 6.07) is 7.33. The molecule has 3 nitrogen and oxygen atoms in total. The summed E-state index contributed by atoms with van der Waals surface area (Å²) < 4.78 is 5.09. The van der Waals surface area contributed by atoms with E-state index in [0.29, 0.717) is 0 Å². The summed E-state index contributed by atoms with van der Waals surface area (Å²) >= 11 is 0. The van der Waals surface area contributed by atoms with Crippen LogP contribution in [0.25, 0.3) is 0 Å². The zero-order chi connectivity index (χ0) is 13.5. The van der Waals surface area contributed by atoms with Crippen LogP contribution in [0.4, 0.5) is 0 Å². The predicted octanol–water partition coefficient (Wildman–Crippen LogP) is 2.86. The van der Waals surface area contributed by atoms with Gasteiger partial charge < -0.3 is 9.64 Å². The highest BCUT2D eigenvalue weighted by Crippen LogP contribution is 2.15. The maximum absolute atomic E-state index is 12.2. The third kappa shape index (κ3) is 3.84. The molecule has 1 aromatic carbocycles. The van der Waals surface area contributed by atoms with Gasteiger partial charge in [0.15, 0.2) is 5.78 Å². The van der Waals surface area contributed by atoms with E-state index in [1.165, 1.54) is 0 Å². The van der Waals surface area contributed by atoms with E-state index in [1.54, 1.807) is 7.11 Å². The molecule has 0 saturated heterocycles. The maximum atomic E-state index is 12.2. The van der Waals surface area contributed by atoms with Crippen molar-refractivity contribution in [2.75, 3.05) is 26.7 Å². The Morgan fingerprint density at radius 3 is 2.22 bits per heavy atom. The van der Waals surface area contributed by atoms with Gasteiger partial charge in [-0.2, -0.15) is 0 Å². The largest absolute Gasteiger partial charge is 0.497 e. The summed E-state index contributed by atoms with van der Waals surface area (Å²) in [7, 11) is 1.62. The summed E-state index contributed by atoms with van der Waals surface area (Å²) in [6.45, 7) is 9.01. The first-order valence-electron chi connectivity index (χ1n) is 6.53. The summed E-state index contributed by atoms with van der Waals surface area (Å²) in [5.41, 5.74) is 0.760. The number of benzene rings is 1. The number of methoxy groups -OCH3 is 1. The maximum Gasteiger partial charge on any atom is 0.166 e. The minimum Gasteiger partial charge on any atom is -0.497 e. The van der Waals surface area contributed by atoms with Crippen LogP contribution in [-0.4, -0.2) is 37.4 Å². The predicted molar refractivity (Wildman–Crippen MR) is 74.3 cm³/mol. The van der Waals surface area contributed by atoms with Crippen LogP contribution in [0.15, 0.2) is 24.3 Å². The van der Waals surface area contributed by atoms with E-state index in [4.69, 9.17) is 4.74 Å². The van der Waals surface area contributed by atoms with Crippen molar-refractivity contribution in [3.05, 3.63) is 29.8 Å². The van der Waals surface area contributed by atoms with Crippen LogP contribution in [0.2, 0.25) is 0 Å². The topological polar surface area (TPSA) is 29.5 Å². The molecule has 1 unspecified atom stereocenters. The van der Waals surface area contributed by atoms with E-state index < -0.39 is 0 Å². The lowest BCUT2D eigenvalue weighted by Gasteiger charge is -2.21. The Hall–Kier alpha value is -1.35. The lowest BCUT2D eigenvalue weighted by atomic mass is 9.98. The highest BCUT2D eigenvalue weighted by molar-refractivity contribution is 5.97. The third-order valence-electron chi connectivity index (χ3n) is 3.25. The van der Waals surface area contributed by atoms with Gasteiger partial charge in [0.2, 0.25) is 0 Å². The van der Waals surface area contributed by atoms with E-state index in [9.17, 15) is 4.79 Å². The van der Waals surface area contributed by atoms with Crippen molar-refractivity contribution in [2.45, 2.75) is 20.8 Å². The minimum absolute atomic E-state index is 0.0262. The number of carbonyl (C=O) groups is 1. The first kappa shape index (κ1) is 14.7. The van der Waals surface area contributed by atoms with Gasteiger partial charge in [0.05, 0.1) is 7.11 Å². The van der Waals surface area contributed by atoms with Gasteiger partial charge in [0.1, 0.15) is 5.75 Å². The van der Waals surface area contributed by atoms with E-state index in [2.05, 4.69) is 18.7 Å². The SMILES string of the molecule is CCN(CC)CC(C)C(=O)c1ccc(OC)cc1. The van der Waals surface area contributed by atoms with Crippen molar-refractivity contribution in [3.63, 3.8) is 0 Å². The molecule has 3 heteroatoms. The summed E-state index contributed by atoms with van der Waals surface area (Å²) in [4.78, 5) is 14.5. The minimum atomic E-state index is 0.0262. The molecule has 0 aliphatic rings. The highest BCUT2D eigenvalue weighted by atomic mass is 16.5. The Morgan fingerprint density at radius 2 is 1.78 bits per heavy atom. The van der Waals surface area contributed by atoms with Gasteiger partial charge in [0, 0.05) is 18.0 Å². The molecule has 1 rings (SSSR count). The summed E-state index contributed by atoms with van der Waals surface area (Å²) in [5, 5.41) is 0. The first-order chi connectivity index (χ1) is 8.62. The number of ketones is 1. The smallest absolute Gasteiger partial charge is 0.166 e. The average molecular weight is 249 g/mol. The Morgan fingerprint density at radius 1 is 1.22 bits per heavy atom. The van der Waals surface area contributed by atoms with E-state index in [-0.39, 0.29) is 11.7 Å². The van der Waals surface area contributed by atoms with Gasteiger partial charge >= 0.3 is 0 Å². The van der Waals surface area contributed by atoms with Gasteiger partial charge in [-0.25, -0.2) is 0 Å². The molecule has 0 aliphatic carbocycles.